The second kappa shape index (κ2) is 6.44. The van der Waals surface area contributed by atoms with Gasteiger partial charge in [0.15, 0.2) is 0 Å². The van der Waals surface area contributed by atoms with Crippen LogP contribution in [-0.2, 0) is 0 Å². The molecule has 0 aromatic rings. The summed E-state index contributed by atoms with van der Waals surface area (Å²) in [4.78, 5) is 0. The molecule has 1 heteroatoms. The summed E-state index contributed by atoms with van der Waals surface area (Å²) in [5.74, 6) is 0. The highest BCUT2D eigenvalue weighted by molar-refractivity contribution is 4.91. The summed E-state index contributed by atoms with van der Waals surface area (Å²) in [6.45, 7) is 7.17. The number of rotatable bonds is 8. The Morgan fingerprint density at radius 1 is 0.857 bits per heavy atom. The predicted octanol–water partition coefficient (Wildman–Crippen LogP) is 3.74. The molecule has 0 saturated carbocycles. The Morgan fingerprint density at radius 3 is 1.64 bits per heavy atom. The van der Waals surface area contributed by atoms with E-state index >= 15 is 0 Å². The maximum atomic E-state index is 3.46. The van der Waals surface area contributed by atoms with E-state index in [4.69, 9.17) is 0 Å². The summed E-state index contributed by atoms with van der Waals surface area (Å²) < 4.78 is 0. The molecule has 0 atom stereocenters. The molecule has 1 nitrogen and oxygen atoms in total. The summed E-state index contributed by atoms with van der Waals surface area (Å²) in [7, 11) is 0. The van der Waals surface area contributed by atoms with Crippen LogP contribution in [0, 0.1) is 5.41 Å². The molecule has 1 aliphatic rings. The van der Waals surface area contributed by atoms with Crippen molar-refractivity contribution in [2.24, 2.45) is 5.41 Å². The van der Waals surface area contributed by atoms with Gasteiger partial charge in [0.1, 0.15) is 0 Å². The molecule has 14 heavy (non-hydrogen) atoms. The molecule has 0 unspecified atom stereocenters. The van der Waals surface area contributed by atoms with Crippen LogP contribution in [0.3, 0.4) is 0 Å². The van der Waals surface area contributed by atoms with E-state index in [1.807, 2.05) is 0 Å². The van der Waals surface area contributed by atoms with Gasteiger partial charge >= 0.3 is 0 Å². The molecule has 1 saturated heterocycles. The van der Waals surface area contributed by atoms with Crippen LogP contribution in [0.5, 0.6) is 0 Å². The lowest BCUT2D eigenvalue weighted by Gasteiger charge is -2.43. The SMILES string of the molecule is CCCCCC1(CCCCC)CNC1. The van der Waals surface area contributed by atoms with E-state index in [-0.39, 0.29) is 0 Å². The Bertz CT molecular complexity index is 126. The third-order valence-corrected chi connectivity index (χ3v) is 3.62. The minimum absolute atomic E-state index is 0.713. The fraction of sp³-hybridized carbons (Fsp3) is 1.00. The Labute approximate surface area is 89.7 Å². The van der Waals surface area contributed by atoms with Crippen molar-refractivity contribution >= 4 is 0 Å². The van der Waals surface area contributed by atoms with Crippen LogP contribution < -0.4 is 5.32 Å². The predicted molar refractivity (Wildman–Crippen MR) is 63.6 cm³/mol. The molecular weight excluding hydrogens is 170 g/mol. The second-order valence-electron chi connectivity index (χ2n) is 5.02. The lowest BCUT2D eigenvalue weighted by Crippen LogP contribution is -2.53. The Morgan fingerprint density at radius 2 is 1.36 bits per heavy atom. The van der Waals surface area contributed by atoms with E-state index in [0.717, 1.165) is 0 Å². The highest BCUT2D eigenvalue weighted by Crippen LogP contribution is 2.35. The minimum atomic E-state index is 0.713. The van der Waals surface area contributed by atoms with Crippen molar-refractivity contribution in [3.05, 3.63) is 0 Å². The van der Waals surface area contributed by atoms with Crippen molar-refractivity contribution in [2.45, 2.75) is 65.2 Å². The molecule has 0 spiro atoms. The van der Waals surface area contributed by atoms with Crippen LogP contribution in [-0.4, -0.2) is 13.1 Å². The zero-order valence-corrected chi connectivity index (χ0v) is 10.1. The molecule has 0 bridgehead atoms. The first kappa shape index (κ1) is 12.0. The molecule has 1 N–H and O–H groups in total. The summed E-state index contributed by atoms with van der Waals surface area (Å²) in [5, 5.41) is 3.46. The van der Waals surface area contributed by atoms with Gasteiger partial charge in [-0.1, -0.05) is 52.4 Å². The van der Waals surface area contributed by atoms with Gasteiger partial charge < -0.3 is 5.32 Å². The summed E-state index contributed by atoms with van der Waals surface area (Å²) in [6, 6.07) is 0. The molecule has 0 radical (unpaired) electrons. The topological polar surface area (TPSA) is 12.0 Å². The summed E-state index contributed by atoms with van der Waals surface area (Å²) in [5.41, 5.74) is 0.713. The van der Waals surface area contributed by atoms with Crippen molar-refractivity contribution in [3.63, 3.8) is 0 Å². The van der Waals surface area contributed by atoms with Gasteiger partial charge in [0.2, 0.25) is 0 Å². The monoisotopic (exact) mass is 197 g/mol. The van der Waals surface area contributed by atoms with Gasteiger partial charge in [0.25, 0.3) is 0 Å². The van der Waals surface area contributed by atoms with Crippen molar-refractivity contribution in [1.82, 2.24) is 5.32 Å². The third-order valence-electron chi connectivity index (χ3n) is 3.62. The van der Waals surface area contributed by atoms with Gasteiger partial charge in [-0.2, -0.15) is 0 Å². The van der Waals surface area contributed by atoms with Crippen molar-refractivity contribution < 1.29 is 0 Å². The van der Waals surface area contributed by atoms with E-state index in [2.05, 4.69) is 19.2 Å². The van der Waals surface area contributed by atoms with Crippen LogP contribution in [0.15, 0.2) is 0 Å². The number of unbranched alkanes of at least 4 members (excludes halogenated alkanes) is 4. The number of nitrogens with one attached hydrogen (secondary N) is 1. The molecule has 0 aromatic carbocycles. The van der Waals surface area contributed by atoms with Gasteiger partial charge in [0.05, 0.1) is 0 Å². The zero-order chi connectivity index (χ0) is 10.3. The van der Waals surface area contributed by atoms with Crippen molar-refractivity contribution in [2.75, 3.05) is 13.1 Å². The standard InChI is InChI=1S/C13H27N/c1-3-5-7-9-13(11-14-12-13)10-8-6-4-2/h14H,3-12H2,1-2H3. The molecule has 1 heterocycles. The fourth-order valence-corrected chi connectivity index (χ4v) is 2.46. The molecular formula is C13H27N. The maximum absolute atomic E-state index is 3.46. The van der Waals surface area contributed by atoms with E-state index in [1.165, 1.54) is 64.5 Å². The van der Waals surface area contributed by atoms with Gasteiger partial charge in [-0.15, -0.1) is 0 Å². The summed E-state index contributed by atoms with van der Waals surface area (Å²) in [6.07, 6.45) is 11.4. The normalized spacial score (nSPS) is 19.3. The molecule has 1 fully saturated rings. The van der Waals surface area contributed by atoms with E-state index in [1.54, 1.807) is 0 Å². The van der Waals surface area contributed by atoms with Gasteiger partial charge in [0, 0.05) is 13.1 Å². The second-order valence-corrected chi connectivity index (χ2v) is 5.02. The van der Waals surface area contributed by atoms with Crippen molar-refractivity contribution in [1.29, 1.82) is 0 Å². The van der Waals surface area contributed by atoms with Gasteiger partial charge in [-0.3, -0.25) is 0 Å². The van der Waals surface area contributed by atoms with Crippen LogP contribution in [0.4, 0.5) is 0 Å². The third kappa shape index (κ3) is 3.61. The Kier molecular flexibility index (Phi) is 5.54. The fourth-order valence-electron chi connectivity index (χ4n) is 2.46. The van der Waals surface area contributed by atoms with Crippen LogP contribution in [0.1, 0.15) is 65.2 Å². The molecule has 1 rings (SSSR count). The largest absolute Gasteiger partial charge is 0.316 e. The lowest BCUT2D eigenvalue weighted by molar-refractivity contribution is 0.129. The number of hydrogen-bond acceptors (Lipinski definition) is 1. The molecule has 0 aromatic heterocycles. The molecule has 1 aliphatic heterocycles. The minimum Gasteiger partial charge on any atom is -0.316 e. The van der Waals surface area contributed by atoms with Crippen LogP contribution in [0.2, 0.25) is 0 Å². The molecule has 84 valence electrons. The maximum Gasteiger partial charge on any atom is 0.00202 e. The van der Waals surface area contributed by atoms with Crippen molar-refractivity contribution in [3.8, 4) is 0 Å². The highest BCUT2D eigenvalue weighted by atomic mass is 15.0. The highest BCUT2D eigenvalue weighted by Gasteiger charge is 2.34. The molecule has 0 aliphatic carbocycles. The molecule has 0 amide bonds. The first-order valence-corrected chi connectivity index (χ1v) is 6.54. The number of hydrogen-bond donors (Lipinski definition) is 1. The smallest absolute Gasteiger partial charge is 0.00202 e. The van der Waals surface area contributed by atoms with Crippen LogP contribution in [0.25, 0.3) is 0 Å². The summed E-state index contributed by atoms with van der Waals surface area (Å²) >= 11 is 0. The van der Waals surface area contributed by atoms with E-state index < -0.39 is 0 Å². The average molecular weight is 197 g/mol. The average Bonchev–Trinajstić information content (AvgIpc) is 2.13. The van der Waals surface area contributed by atoms with Gasteiger partial charge in [-0.05, 0) is 18.3 Å². The van der Waals surface area contributed by atoms with E-state index in [0.29, 0.717) is 5.41 Å². The lowest BCUT2D eigenvalue weighted by atomic mass is 9.73. The Hall–Kier alpha value is -0.0400. The van der Waals surface area contributed by atoms with E-state index in [9.17, 15) is 0 Å². The zero-order valence-electron chi connectivity index (χ0n) is 10.1. The quantitative estimate of drug-likeness (QED) is 0.585. The Balaban J connectivity index is 2.13. The first-order chi connectivity index (χ1) is 6.83. The van der Waals surface area contributed by atoms with Crippen LogP contribution >= 0.6 is 0 Å². The van der Waals surface area contributed by atoms with Gasteiger partial charge in [-0.25, -0.2) is 0 Å². The first-order valence-electron chi connectivity index (χ1n) is 6.54.